The first kappa shape index (κ1) is 17.7. The molecule has 1 aromatic heterocycles. The van der Waals surface area contributed by atoms with Gasteiger partial charge in [-0.05, 0) is 30.3 Å². The van der Waals surface area contributed by atoms with E-state index in [1.807, 2.05) is 72.8 Å². The molecular weight excluding hydrogens is 387 g/mol. The Hall–Kier alpha value is -4.18. The van der Waals surface area contributed by atoms with E-state index >= 15 is 0 Å². The molecule has 0 saturated carbocycles. The van der Waals surface area contributed by atoms with E-state index in [0.717, 1.165) is 28.2 Å². The molecule has 148 valence electrons. The predicted molar refractivity (Wildman–Crippen MR) is 120 cm³/mol. The Bertz CT molecular complexity index is 1410. The maximum Gasteiger partial charge on any atom is 0.151 e. The lowest BCUT2D eigenvalue weighted by Gasteiger charge is -2.13. The van der Waals surface area contributed by atoms with Crippen molar-refractivity contribution < 1.29 is 9.13 Å². The van der Waals surface area contributed by atoms with Crippen molar-refractivity contribution in [2.45, 2.75) is 0 Å². The van der Waals surface area contributed by atoms with Gasteiger partial charge < -0.3 is 4.74 Å². The summed E-state index contributed by atoms with van der Waals surface area (Å²) in [5, 5.41) is 0. The van der Waals surface area contributed by atoms with Gasteiger partial charge in [-0.3, -0.25) is 4.57 Å². The molecule has 0 atom stereocenters. The molecule has 0 bridgehead atoms. The van der Waals surface area contributed by atoms with E-state index in [2.05, 4.69) is 16.7 Å². The first-order valence-corrected chi connectivity index (χ1v) is 10.1. The minimum atomic E-state index is -0.328. The Morgan fingerprint density at radius 2 is 1.35 bits per heavy atom. The van der Waals surface area contributed by atoms with Crippen molar-refractivity contribution in [2.24, 2.45) is 0 Å². The summed E-state index contributed by atoms with van der Waals surface area (Å²) >= 11 is 0. The quantitative estimate of drug-likeness (QED) is 0.307. The van der Waals surface area contributed by atoms with Gasteiger partial charge in [0.2, 0.25) is 0 Å². The summed E-state index contributed by atoms with van der Waals surface area (Å²) in [5.74, 6) is 1.60. The van der Waals surface area contributed by atoms with Gasteiger partial charge in [0.05, 0.1) is 22.6 Å². The summed E-state index contributed by atoms with van der Waals surface area (Å²) in [5.41, 5.74) is 5.29. The number of aromatic nitrogens is 2. The number of halogens is 1. The summed E-state index contributed by atoms with van der Waals surface area (Å²) in [4.78, 5) is 5.05. The van der Waals surface area contributed by atoms with Crippen LogP contribution in [0.25, 0.3) is 39.6 Å². The summed E-state index contributed by atoms with van der Waals surface area (Å²) in [6.45, 7) is 0. The van der Waals surface area contributed by atoms with Crippen LogP contribution in [0.4, 0.5) is 4.39 Å². The molecule has 0 saturated heterocycles. The molecule has 4 heteroatoms. The van der Waals surface area contributed by atoms with Gasteiger partial charge in [0.15, 0.2) is 5.75 Å². The summed E-state index contributed by atoms with van der Waals surface area (Å²) < 4.78 is 22.6. The summed E-state index contributed by atoms with van der Waals surface area (Å²) in [7, 11) is 0. The van der Waals surface area contributed by atoms with Crippen LogP contribution in [0.3, 0.4) is 0 Å². The van der Waals surface area contributed by atoms with Crippen molar-refractivity contribution in [1.82, 2.24) is 9.55 Å². The van der Waals surface area contributed by atoms with Crippen LogP contribution in [0.5, 0.6) is 11.5 Å². The van der Waals surface area contributed by atoms with Crippen molar-refractivity contribution in [3.05, 3.63) is 109 Å². The molecule has 0 aliphatic carbocycles. The second-order valence-corrected chi connectivity index (χ2v) is 7.41. The SMILES string of the molecule is Fc1ccc2c(c1)-c1nc(-c3ccccc3)c(-c3ccccc3)n1-c1ccccc1O2. The maximum atomic E-state index is 14.3. The molecule has 31 heavy (non-hydrogen) atoms. The second-order valence-electron chi connectivity index (χ2n) is 7.41. The Kier molecular flexibility index (Phi) is 3.96. The summed E-state index contributed by atoms with van der Waals surface area (Å²) in [6.07, 6.45) is 0. The lowest BCUT2D eigenvalue weighted by Crippen LogP contribution is -1.99. The van der Waals surface area contributed by atoms with Crippen molar-refractivity contribution in [3.63, 3.8) is 0 Å². The molecule has 3 nitrogen and oxygen atoms in total. The fraction of sp³-hybridized carbons (Fsp3) is 0. The standard InChI is InChI=1S/C27H17FN2O/c28-20-15-16-23-21(17-20)27-29-25(18-9-3-1-4-10-18)26(19-11-5-2-6-12-19)30(27)22-13-7-8-14-24(22)31-23/h1-17H. The lowest BCUT2D eigenvalue weighted by molar-refractivity contribution is 0.483. The number of hydrogen-bond donors (Lipinski definition) is 0. The van der Waals surface area contributed by atoms with E-state index < -0.39 is 0 Å². The van der Waals surface area contributed by atoms with Crippen LogP contribution in [-0.4, -0.2) is 9.55 Å². The topological polar surface area (TPSA) is 27.1 Å². The number of hydrogen-bond acceptors (Lipinski definition) is 2. The molecule has 4 aromatic carbocycles. The molecular formula is C27H17FN2O. The zero-order valence-corrected chi connectivity index (χ0v) is 16.5. The Morgan fingerprint density at radius 3 is 2.13 bits per heavy atom. The average molecular weight is 404 g/mol. The van der Waals surface area contributed by atoms with Gasteiger partial charge in [0.1, 0.15) is 17.4 Å². The van der Waals surface area contributed by atoms with Crippen LogP contribution < -0.4 is 4.74 Å². The second kappa shape index (κ2) is 6.96. The van der Waals surface area contributed by atoms with E-state index in [9.17, 15) is 4.39 Å². The number of para-hydroxylation sites is 2. The van der Waals surface area contributed by atoms with Crippen LogP contribution in [0.15, 0.2) is 103 Å². The minimum Gasteiger partial charge on any atom is -0.454 e. The largest absolute Gasteiger partial charge is 0.454 e. The zero-order valence-electron chi connectivity index (χ0n) is 16.5. The molecule has 1 aliphatic rings. The highest BCUT2D eigenvalue weighted by molar-refractivity contribution is 5.86. The number of imidazole rings is 1. The van der Waals surface area contributed by atoms with E-state index in [4.69, 9.17) is 9.72 Å². The zero-order chi connectivity index (χ0) is 20.8. The third kappa shape index (κ3) is 2.84. The molecule has 6 rings (SSSR count). The molecule has 5 aromatic rings. The van der Waals surface area contributed by atoms with Crippen LogP contribution in [0.2, 0.25) is 0 Å². The molecule has 0 fully saturated rings. The third-order valence-corrected chi connectivity index (χ3v) is 5.48. The van der Waals surface area contributed by atoms with E-state index in [-0.39, 0.29) is 5.82 Å². The van der Waals surface area contributed by atoms with Gasteiger partial charge in [-0.15, -0.1) is 0 Å². The predicted octanol–water partition coefficient (Wildman–Crippen LogP) is 7.12. The molecule has 2 heterocycles. The van der Waals surface area contributed by atoms with E-state index in [1.54, 1.807) is 6.07 Å². The van der Waals surface area contributed by atoms with E-state index in [1.165, 1.54) is 12.1 Å². The minimum absolute atomic E-state index is 0.328. The highest BCUT2D eigenvalue weighted by Gasteiger charge is 2.28. The first-order chi connectivity index (χ1) is 15.3. The number of rotatable bonds is 2. The number of nitrogens with zero attached hydrogens (tertiary/aromatic N) is 2. The summed E-state index contributed by atoms with van der Waals surface area (Å²) in [6, 6.07) is 32.6. The monoisotopic (exact) mass is 404 g/mol. The number of fused-ring (bicyclic) bond motifs is 5. The van der Waals surface area contributed by atoms with Crippen molar-refractivity contribution in [3.8, 4) is 51.1 Å². The van der Waals surface area contributed by atoms with Gasteiger partial charge in [0.25, 0.3) is 0 Å². The van der Waals surface area contributed by atoms with Gasteiger partial charge in [0, 0.05) is 11.1 Å². The average Bonchev–Trinajstić information content (AvgIpc) is 3.16. The van der Waals surface area contributed by atoms with Gasteiger partial charge in [-0.25, -0.2) is 9.37 Å². The molecule has 0 amide bonds. The van der Waals surface area contributed by atoms with Crippen molar-refractivity contribution >= 4 is 0 Å². The number of benzene rings is 4. The fourth-order valence-corrected chi connectivity index (χ4v) is 4.11. The molecule has 1 aliphatic heterocycles. The fourth-order valence-electron chi connectivity index (χ4n) is 4.11. The van der Waals surface area contributed by atoms with Gasteiger partial charge in [-0.2, -0.15) is 0 Å². The third-order valence-electron chi connectivity index (χ3n) is 5.48. The highest BCUT2D eigenvalue weighted by Crippen LogP contribution is 2.46. The lowest BCUT2D eigenvalue weighted by atomic mass is 10.0. The maximum absolute atomic E-state index is 14.3. The first-order valence-electron chi connectivity index (χ1n) is 10.1. The normalized spacial score (nSPS) is 11.6. The molecule has 0 unspecified atom stereocenters. The smallest absolute Gasteiger partial charge is 0.151 e. The van der Waals surface area contributed by atoms with Crippen LogP contribution in [0, 0.1) is 5.82 Å². The number of ether oxygens (including phenoxy) is 1. The Morgan fingerprint density at radius 1 is 0.677 bits per heavy atom. The van der Waals surface area contributed by atoms with Gasteiger partial charge >= 0.3 is 0 Å². The van der Waals surface area contributed by atoms with E-state index in [0.29, 0.717) is 22.9 Å². The Balaban J connectivity index is 1.78. The van der Waals surface area contributed by atoms with Crippen molar-refractivity contribution in [2.75, 3.05) is 0 Å². The van der Waals surface area contributed by atoms with Crippen LogP contribution >= 0.6 is 0 Å². The Labute approximate surface area is 179 Å². The van der Waals surface area contributed by atoms with Gasteiger partial charge in [-0.1, -0.05) is 72.8 Å². The van der Waals surface area contributed by atoms with Crippen LogP contribution in [-0.2, 0) is 0 Å². The van der Waals surface area contributed by atoms with Crippen molar-refractivity contribution in [1.29, 1.82) is 0 Å². The molecule has 0 radical (unpaired) electrons. The molecule has 0 spiro atoms. The highest BCUT2D eigenvalue weighted by atomic mass is 19.1. The molecule has 0 N–H and O–H groups in total. The van der Waals surface area contributed by atoms with Crippen LogP contribution in [0.1, 0.15) is 0 Å².